The topological polar surface area (TPSA) is 48.6 Å². The first kappa shape index (κ1) is 19.3. The van der Waals surface area contributed by atoms with Crippen molar-refractivity contribution in [3.05, 3.63) is 71.4 Å². The number of hydrogen-bond donors (Lipinski definition) is 1. The van der Waals surface area contributed by atoms with Gasteiger partial charge >= 0.3 is 0 Å². The van der Waals surface area contributed by atoms with Gasteiger partial charge in [0, 0.05) is 49.7 Å². The molecule has 1 amide bonds. The van der Waals surface area contributed by atoms with Crippen LogP contribution < -0.4 is 4.74 Å². The summed E-state index contributed by atoms with van der Waals surface area (Å²) in [6, 6.07) is 16.2. The molecule has 2 heterocycles. The Balaban J connectivity index is 1.37. The molecule has 0 bridgehead atoms. The molecular weight excluding hydrogens is 362 g/mol. The lowest BCUT2D eigenvalue weighted by atomic mass is 10.1. The van der Waals surface area contributed by atoms with Crippen molar-refractivity contribution in [1.29, 1.82) is 0 Å². The van der Waals surface area contributed by atoms with Crippen LogP contribution in [0.3, 0.4) is 0 Å². The van der Waals surface area contributed by atoms with E-state index in [2.05, 4.69) is 34.2 Å². The summed E-state index contributed by atoms with van der Waals surface area (Å²) in [7, 11) is 1.65. The van der Waals surface area contributed by atoms with Crippen molar-refractivity contribution < 1.29 is 9.53 Å². The van der Waals surface area contributed by atoms with Crippen molar-refractivity contribution in [2.45, 2.75) is 6.92 Å². The smallest absolute Gasteiger partial charge is 0.270 e. The highest BCUT2D eigenvalue weighted by molar-refractivity contribution is 6.01. The number of methoxy groups -OCH3 is 1. The maximum Gasteiger partial charge on any atom is 0.270 e. The number of piperazine rings is 1. The van der Waals surface area contributed by atoms with Crippen molar-refractivity contribution in [3.63, 3.8) is 0 Å². The number of ether oxygens (including phenoxy) is 1. The number of amides is 1. The molecule has 1 fully saturated rings. The summed E-state index contributed by atoms with van der Waals surface area (Å²) >= 11 is 0. The molecule has 0 saturated carbocycles. The molecule has 150 valence electrons. The molecule has 0 atom stereocenters. The Hall–Kier alpha value is -3.05. The summed E-state index contributed by atoms with van der Waals surface area (Å²) in [6.07, 6.45) is 4.35. The van der Waals surface area contributed by atoms with Crippen LogP contribution in [0.4, 0.5) is 0 Å². The number of benzene rings is 2. The standard InChI is InChI=1S/C24H27N3O2/c1-18-21-11-10-20(29-2)17-22(21)25-23(18)24(28)27-15-13-26(14-16-27)12-6-9-19-7-4-3-5-8-19/h3-11,17,25H,12-16H2,1-2H3/b9-6+. The number of nitrogens with zero attached hydrogens (tertiary/aromatic N) is 2. The molecule has 5 nitrogen and oxygen atoms in total. The van der Waals surface area contributed by atoms with Gasteiger partial charge in [-0.05, 0) is 30.2 Å². The van der Waals surface area contributed by atoms with Gasteiger partial charge in [0.25, 0.3) is 5.91 Å². The van der Waals surface area contributed by atoms with Crippen LogP contribution in [0.15, 0.2) is 54.6 Å². The Bertz CT molecular complexity index is 1020. The van der Waals surface area contributed by atoms with Crippen LogP contribution in [0.25, 0.3) is 17.0 Å². The monoisotopic (exact) mass is 389 g/mol. The molecule has 1 aliphatic heterocycles. The molecular formula is C24H27N3O2. The van der Waals surface area contributed by atoms with Crippen molar-refractivity contribution in [1.82, 2.24) is 14.8 Å². The highest BCUT2D eigenvalue weighted by Gasteiger charge is 2.24. The lowest BCUT2D eigenvalue weighted by Gasteiger charge is -2.34. The van der Waals surface area contributed by atoms with Gasteiger partial charge < -0.3 is 14.6 Å². The van der Waals surface area contributed by atoms with Gasteiger partial charge in [0.05, 0.1) is 7.11 Å². The van der Waals surface area contributed by atoms with Crippen LogP contribution in [-0.2, 0) is 0 Å². The molecule has 0 unspecified atom stereocenters. The number of nitrogens with one attached hydrogen (secondary N) is 1. The number of rotatable bonds is 5. The number of carbonyl (C=O) groups excluding carboxylic acids is 1. The Morgan fingerprint density at radius 2 is 1.86 bits per heavy atom. The lowest BCUT2D eigenvalue weighted by molar-refractivity contribution is 0.0644. The summed E-state index contributed by atoms with van der Waals surface area (Å²) in [5.74, 6) is 0.868. The zero-order valence-electron chi connectivity index (χ0n) is 17.0. The minimum absolute atomic E-state index is 0.0807. The number of fused-ring (bicyclic) bond motifs is 1. The van der Waals surface area contributed by atoms with E-state index in [0.29, 0.717) is 5.69 Å². The van der Waals surface area contributed by atoms with E-state index in [1.165, 1.54) is 5.56 Å². The van der Waals surface area contributed by atoms with E-state index in [4.69, 9.17) is 4.74 Å². The first-order valence-electron chi connectivity index (χ1n) is 10.1. The van der Waals surface area contributed by atoms with Crippen LogP contribution in [0.1, 0.15) is 21.6 Å². The Labute approximate surface area is 171 Å². The van der Waals surface area contributed by atoms with Crippen molar-refractivity contribution in [2.75, 3.05) is 39.8 Å². The van der Waals surface area contributed by atoms with Crippen LogP contribution in [0, 0.1) is 6.92 Å². The highest BCUT2D eigenvalue weighted by atomic mass is 16.5. The molecule has 2 aromatic carbocycles. The second-order valence-corrected chi connectivity index (χ2v) is 7.44. The number of aromatic amines is 1. The molecule has 4 rings (SSSR count). The van der Waals surface area contributed by atoms with Gasteiger partial charge in [0.1, 0.15) is 11.4 Å². The molecule has 1 aliphatic rings. The minimum atomic E-state index is 0.0807. The van der Waals surface area contributed by atoms with Gasteiger partial charge in [-0.2, -0.15) is 0 Å². The molecule has 3 aromatic rings. The molecule has 0 radical (unpaired) electrons. The van der Waals surface area contributed by atoms with Crippen molar-refractivity contribution >= 4 is 22.9 Å². The molecule has 0 spiro atoms. The summed E-state index contributed by atoms with van der Waals surface area (Å²) in [5, 5.41) is 1.07. The van der Waals surface area contributed by atoms with E-state index >= 15 is 0 Å². The maximum atomic E-state index is 13.1. The molecule has 0 aliphatic carbocycles. The predicted molar refractivity (Wildman–Crippen MR) is 117 cm³/mol. The molecule has 1 saturated heterocycles. The summed E-state index contributed by atoms with van der Waals surface area (Å²) in [4.78, 5) is 20.7. The summed E-state index contributed by atoms with van der Waals surface area (Å²) in [5.41, 5.74) is 3.84. The Morgan fingerprint density at radius 1 is 1.10 bits per heavy atom. The fourth-order valence-corrected chi connectivity index (χ4v) is 3.85. The Morgan fingerprint density at radius 3 is 2.59 bits per heavy atom. The van der Waals surface area contributed by atoms with Crippen LogP contribution in [0.5, 0.6) is 5.75 Å². The molecule has 1 N–H and O–H groups in total. The van der Waals surface area contributed by atoms with Crippen molar-refractivity contribution in [2.24, 2.45) is 0 Å². The van der Waals surface area contributed by atoms with Crippen molar-refractivity contribution in [3.8, 4) is 5.75 Å². The average molecular weight is 389 g/mol. The predicted octanol–water partition coefficient (Wildman–Crippen LogP) is 3.96. The van der Waals surface area contributed by atoms with E-state index in [1.54, 1.807) is 7.11 Å². The van der Waals surface area contributed by atoms with Gasteiger partial charge in [-0.15, -0.1) is 0 Å². The fourth-order valence-electron chi connectivity index (χ4n) is 3.85. The number of aromatic nitrogens is 1. The SMILES string of the molecule is COc1ccc2c(C)c(C(=O)N3CCN(C/C=C/c4ccccc4)CC3)[nH]c2c1. The van der Waals surface area contributed by atoms with E-state index in [9.17, 15) is 4.79 Å². The second-order valence-electron chi connectivity index (χ2n) is 7.44. The minimum Gasteiger partial charge on any atom is -0.497 e. The Kier molecular flexibility index (Phi) is 5.67. The quantitative estimate of drug-likeness (QED) is 0.719. The normalized spacial score (nSPS) is 15.3. The molecule has 1 aromatic heterocycles. The highest BCUT2D eigenvalue weighted by Crippen LogP contribution is 2.26. The van der Waals surface area contributed by atoms with Gasteiger partial charge in [-0.25, -0.2) is 0 Å². The average Bonchev–Trinajstić information content (AvgIpc) is 3.10. The first-order chi connectivity index (χ1) is 14.2. The maximum absolute atomic E-state index is 13.1. The third kappa shape index (κ3) is 4.20. The molecule has 29 heavy (non-hydrogen) atoms. The van der Waals surface area contributed by atoms with Gasteiger partial charge in [-0.1, -0.05) is 42.5 Å². The van der Waals surface area contributed by atoms with E-state index in [-0.39, 0.29) is 5.91 Å². The zero-order chi connectivity index (χ0) is 20.2. The third-order valence-electron chi connectivity index (χ3n) is 5.61. The number of H-pyrrole nitrogens is 1. The number of aryl methyl sites for hydroxylation is 1. The number of hydrogen-bond acceptors (Lipinski definition) is 3. The summed E-state index contributed by atoms with van der Waals surface area (Å²) in [6.45, 7) is 6.17. The van der Waals surface area contributed by atoms with Gasteiger partial charge in [0.2, 0.25) is 0 Å². The third-order valence-corrected chi connectivity index (χ3v) is 5.61. The fraction of sp³-hybridized carbons (Fsp3) is 0.292. The van der Waals surface area contributed by atoms with Crippen LogP contribution in [0.2, 0.25) is 0 Å². The second kappa shape index (κ2) is 8.53. The van der Waals surface area contributed by atoms with Crippen LogP contribution >= 0.6 is 0 Å². The zero-order valence-corrected chi connectivity index (χ0v) is 17.0. The number of carbonyl (C=O) groups is 1. The lowest BCUT2D eigenvalue weighted by Crippen LogP contribution is -2.48. The first-order valence-corrected chi connectivity index (χ1v) is 10.1. The van der Waals surface area contributed by atoms with Gasteiger partial charge in [0.15, 0.2) is 0 Å². The molecule has 5 heteroatoms. The summed E-state index contributed by atoms with van der Waals surface area (Å²) < 4.78 is 5.29. The van der Waals surface area contributed by atoms with E-state index in [1.807, 2.05) is 48.2 Å². The largest absolute Gasteiger partial charge is 0.497 e. The van der Waals surface area contributed by atoms with E-state index < -0.39 is 0 Å². The van der Waals surface area contributed by atoms with Crippen LogP contribution in [-0.4, -0.2) is 60.5 Å². The van der Waals surface area contributed by atoms with Gasteiger partial charge in [-0.3, -0.25) is 9.69 Å². The van der Waals surface area contributed by atoms with E-state index in [0.717, 1.165) is 54.9 Å².